The Kier molecular flexibility index (Phi) is 4.55. The van der Waals surface area contributed by atoms with Crippen LogP contribution in [0.1, 0.15) is 62.8 Å². The molecule has 0 bridgehead atoms. The normalized spacial score (nSPS) is 18.4. The molecule has 4 aromatic heterocycles. The van der Waals surface area contributed by atoms with Crippen LogP contribution in [0.5, 0.6) is 0 Å². The van der Waals surface area contributed by atoms with Gasteiger partial charge in [0.2, 0.25) is 0 Å². The number of thiophene rings is 1. The van der Waals surface area contributed by atoms with Crippen LogP contribution >= 0.6 is 27.3 Å². The highest BCUT2D eigenvalue weighted by Crippen LogP contribution is 2.44. The highest BCUT2D eigenvalue weighted by molar-refractivity contribution is 9.10. The monoisotopic (exact) mass is 472 g/mol. The van der Waals surface area contributed by atoms with Crippen LogP contribution in [0.25, 0.3) is 15.9 Å². The van der Waals surface area contributed by atoms with Gasteiger partial charge in [-0.3, -0.25) is 4.68 Å². The summed E-state index contributed by atoms with van der Waals surface area (Å²) in [6.07, 6.45) is 10.3. The summed E-state index contributed by atoms with van der Waals surface area (Å²) in [6, 6.07) is -0.0413. The van der Waals surface area contributed by atoms with E-state index in [-0.39, 0.29) is 6.04 Å². The Morgan fingerprint density at radius 2 is 2.21 bits per heavy atom. The van der Waals surface area contributed by atoms with Gasteiger partial charge < -0.3 is 0 Å². The van der Waals surface area contributed by atoms with Gasteiger partial charge in [0.1, 0.15) is 17.2 Å². The highest BCUT2D eigenvalue weighted by Gasteiger charge is 2.33. The van der Waals surface area contributed by atoms with Crippen LogP contribution in [-0.4, -0.2) is 29.4 Å². The molecule has 0 saturated heterocycles. The number of fused-ring (bicyclic) bond motifs is 5. The lowest BCUT2D eigenvalue weighted by molar-refractivity contribution is 0.184. The lowest BCUT2D eigenvalue weighted by atomic mass is 9.70. The maximum Gasteiger partial charge on any atom is 0.176 e. The standard InChI is InChI=1S/C21H25BrN6S/c1-5-21(3,4)13-6-7-15-16(8-13)29-20-17(15)19-25-18(26-28(19)11-23-20)12(2)27-10-14(22)9-24-27/h9-13H,5-8H2,1-4H3. The predicted octanol–water partition coefficient (Wildman–Crippen LogP) is 5.45. The molecule has 0 radical (unpaired) electrons. The van der Waals surface area contributed by atoms with Crippen LogP contribution in [-0.2, 0) is 12.8 Å². The van der Waals surface area contributed by atoms with Gasteiger partial charge in [-0.1, -0.05) is 27.2 Å². The van der Waals surface area contributed by atoms with Gasteiger partial charge in [-0.2, -0.15) is 5.10 Å². The summed E-state index contributed by atoms with van der Waals surface area (Å²) < 4.78 is 4.67. The number of aryl methyl sites for hydroxylation is 1. The SMILES string of the molecule is CCC(C)(C)C1CCc2c(sc3ncn4nc(C(C)n5cc(Br)cn5)nc4c23)C1. The fourth-order valence-corrected chi connectivity index (χ4v) is 5.93. The Hall–Kier alpha value is -1.80. The molecule has 4 heterocycles. The molecule has 0 aliphatic heterocycles. The Morgan fingerprint density at radius 1 is 1.38 bits per heavy atom. The van der Waals surface area contributed by atoms with Crippen molar-refractivity contribution in [3.63, 3.8) is 0 Å². The molecule has 2 unspecified atom stereocenters. The Balaban J connectivity index is 1.58. The van der Waals surface area contributed by atoms with Gasteiger partial charge in [0.15, 0.2) is 11.5 Å². The second kappa shape index (κ2) is 6.87. The van der Waals surface area contributed by atoms with E-state index in [2.05, 4.69) is 48.7 Å². The van der Waals surface area contributed by atoms with E-state index in [9.17, 15) is 0 Å². The molecule has 5 rings (SSSR count). The van der Waals surface area contributed by atoms with Gasteiger partial charge in [-0.25, -0.2) is 14.5 Å². The number of hydrogen-bond donors (Lipinski definition) is 0. The molecule has 152 valence electrons. The molecule has 0 fully saturated rings. The van der Waals surface area contributed by atoms with Crippen LogP contribution in [0, 0.1) is 11.3 Å². The minimum absolute atomic E-state index is 0.0413. The quantitative estimate of drug-likeness (QED) is 0.396. The van der Waals surface area contributed by atoms with Crippen molar-refractivity contribution in [1.82, 2.24) is 29.4 Å². The molecule has 0 N–H and O–H groups in total. The van der Waals surface area contributed by atoms with Gasteiger partial charge in [0.25, 0.3) is 0 Å². The van der Waals surface area contributed by atoms with Gasteiger partial charge in [-0.15, -0.1) is 16.4 Å². The maximum atomic E-state index is 4.93. The Bertz CT molecular complexity index is 1200. The van der Waals surface area contributed by atoms with Crippen molar-refractivity contribution >= 4 is 43.1 Å². The maximum absolute atomic E-state index is 4.93. The van der Waals surface area contributed by atoms with E-state index < -0.39 is 0 Å². The van der Waals surface area contributed by atoms with Crippen molar-refractivity contribution in [2.24, 2.45) is 11.3 Å². The van der Waals surface area contributed by atoms with E-state index in [1.54, 1.807) is 12.5 Å². The Morgan fingerprint density at radius 3 is 2.93 bits per heavy atom. The molecule has 0 saturated carbocycles. The molecule has 0 spiro atoms. The van der Waals surface area contributed by atoms with Gasteiger partial charge in [0.05, 0.1) is 16.1 Å². The zero-order chi connectivity index (χ0) is 20.3. The molecule has 0 amide bonds. The van der Waals surface area contributed by atoms with Gasteiger partial charge in [-0.05, 0) is 59.0 Å². The average molecular weight is 473 g/mol. The minimum atomic E-state index is -0.0413. The molecular formula is C21H25BrN6S. The summed E-state index contributed by atoms with van der Waals surface area (Å²) in [7, 11) is 0. The van der Waals surface area contributed by atoms with Crippen LogP contribution in [0.3, 0.4) is 0 Å². The third-order valence-electron chi connectivity index (χ3n) is 6.76. The summed E-state index contributed by atoms with van der Waals surface area (Å²) in [5.41, 5.74) is 2.75. The van der Waals surface area contributed by atoms with E-state index >= 15 is 0 Å². The first kappa shape index (κ1) is 19.2. The summed E-state index contributed by atoms with van der Waals surface area (Å²) >= 11 is 5.31. The van der Waals surface area contributed by atoms with E-state index in [1.807, 2.05) is 26.7 Å². The van der Waals surface area contributed by atoms with Crippen LogP contribution < -0.4 is 0 Å². The second-order valence-electron chi connectivity index (χ2n) is 8.76. The van der Waals surface area contributed by atoms with Gasteiger partial charge in [0, 0.05) is 11.1 Å². The first-order valence-electron chi connectivity index (χ1n) is 10.2. The fourth-order valence-electron chi connectivity index (χ4n) is 4.37. The first-order valence-corrected chi connectivity index (χ1v) is 11.8. The Labute approximate surface area is 182 Å². The van der Waals surface area contributed by atoms with Crippen molar-refractivity contribution < 1.29 is 0 Å². The number of halogens is 1. The third-order valence-corrected chi connectivity index (χ3v) is 8.33. The van der Waals surface area contributed by atoms with E-state index in [1.165, 1.54) is 28.7 Å². The lowest BCUT2D eigenvalue weighted by Gasteiger charge is -2.36. The van der Waals surface area contributed by atoms with Crippen molar-refractivity contribution in [1.29, 1.82) is 0 Å². The molecule has 1 aliphatic rings. The zero-order valence-corrected chi connectivity index (χ0v) is 19.6. The number of nitrogens with zero attached hydrogens (tertiary/aromatic N) is 6. The molecule has 4 aromatic rings. The smallest absolute Gasteiger partial charge is 0.176 e. The minimum Gasteiger partial charge on any atom is -0.261 e. The largest absolute Gasteiger partial charge is 0.261 e. The van der Waals surface area contributed by atoms with Crippen molar-refractivity contribution in [2.45, 2.75) is 59.4 Å². The van der Waals surface area contributed by atoms with Crippen LogP contribution in [0.2, 0.25) is 0 Å². The van der Waals surface area contributed by atoms with E-state index in [4.69, 9.17) is 15.1 Å². The number of aromatic nitrogens is 6. The van der Waals surface area contributed by atoms with Crippen molar-refractivity contribution in [3.05, 3.63) is 39.5 Å². The molecular weight excluding hydrogens is 448 g/mol. The lowest BCUT2D eigenvalue weighted by Crippen LogP contribution is -2.28. The van der Waals surface area contributed by atoms with Crippen molar-refractivity contribution in [3.8, 4) is 0 Å². The predicted molar refractivity (Wildman–Crippen MR) is 119 cm³/mol. The summed E-state index contributed by atoms with van der Waals surface area (Å²) in [5.74, 6) is 1.49. The molecule has 1 aliphatic carbocycles. The summed E-state index contributed by atoms with van der Waals surface area (Å²) in [6.45, 7) is 9.19. The van der Waals surface area contributed by atoms with Crippen molar-refractivity contribution in [2.75, 3.05) is 0 Å². The van der Waals surface area contributed by atoms with Crippen LogP contribution in [0.15, 0.2) is 23.2 Å². The fraction of sp³-hybridized carbons (Fsp3) is 0.524. The summed E-state index contributed by atoms with van der Waals surface area (Å²) in [5, 5.41) is 10.3. The van der Waals surface area contributed by atoms with E-state index in [0.29, 0.717) is 5.41 Å². The molecule has 0 aromatic carbocycles. The zero-order valence-electron chi connectivity index (χ0n) is 17.2. The topological polar surface area (TPSA) is 60.9 Å². The highest BCUT2D eigenvalue weighted by atomic mass is 79.9. The molecule has 6 nitrogen and oxygen atoms in total. The van der Waals surface area contributed by atoms with Crippen LogP contribution in [0.4, 0.5) is 0 Å². The first-order chi connectivity index (χ1) is 13.9. The molecule has 29 heavy (non-hydrogen) atoms. The molecule has 2 atom stereocenters. The number of hydrogen-bond acceptors (Lipinski definition) is 5. The third kappa shape index (κ3) is 3.11. The average Bonchev–Trinajstić information content (AvgIpc) is 3.41. The second-order valence-corrected chi connectivity index (χ2v) is 10.8. The number of rotatable bonds is 4. The van der Waals surface area contributed by atoms with E-state index in [0.717, 1.165) is 39.5 Å². The van der Waals surface area contributed by atoms with Gasteiger partial charge >= 0.3 is 0 Å². The summed E-state index contributed by atoms with van der Waals surface area (Å²) in [4.78, 5) is 12.2. The molecule has 8 heteroatoms.